The number of halogens is 1. The molecule has 0 bridgehead atoms. The van der Waals surface area contributed by atoms with Gasteiger partial charge < -0.3 is 9.94 Å². The van der Waals surface area contributed by atoms with Gasteiger partial charge in [-0.3, -0.25) is 0 Å². The monoisotopic (exact) mass is 213 g/mol. The molecule has 0 amide bonds. The lowest BCUT2D eigenvalue weighted by molar-refractivity contribution is 0.159. The summed E-state index contributed by atoms with van der Waals surface area (Å²) in [5.41, 5.74) is 1.56. The molecule has 0 saturated heterocycles. The highest BCUT2D eigenvalue weighted by Crippen LogP contribution is 2.23. The number of phenolic OH excluding ortho intramolecular Hbond substituents is 1. The summed E-state index contributed by atoms with van der Waals surface area (Å²) in [6.07, 6.45) is 0. The van der Waals surface area contributed by atoms with E-state index in [0.29, 0.717) is 11.6 Å². The van der Waals surface area contributed by atoms with Crippen LogP contribution in [0.25, 0.3) is 0 Å². The zero-order valence-electron chi connectivity index (χ0n) is 8.12. The van der Waals surface area contributed by atoms with Crippen LogP contribution in [-0.4, -0.2) is 17.4 Å². The van der Waals surface area contributed by atoms with Gasteiger partial charge in [0.2, 0.25) is 0 Å². The van der Waals surface area contributed by atoms with Gasteiger partial charge in [-0.05, 0) is 32.0 Å². The van der Waals surface area contributed by atoms with E-state index < -0.39 is 0 Å². The fraction of sp³-hybridized carbons (Fsp3) is 0.300. The van der Waals surface area contributed by atoms with E-state index in [2.05, 4.69) is 5.16 Å². The second-order valence-corrected chi connectivity index (χ2v) is 3.17. The molecule has 4 heteroatoms. The summed E-state index contributed by atoms with van der Waals surface area (Å²) in [4.78, 5) is 4.90. The molecule has 0 aromatic heterocycles. The molecule has 3 nitrogen and oxygen atoms in total. The molecule has 0 spiro atoms. The van der Waals surface area contributed by atoms with Crippen molar-refractivity contribution in [2.75, 3.05) is 6.61 Å². The number of phenols is 1. The summed E-state index contributed by atoms with van der Waals surface area (Å²) in [5, 5.41) is 13.4. The Hall–Kier alpha value is -1.22. The summed E-state index contributed by atoms with van der Waals surface area (Å²) in [6.45, 7) is 4.21. The maximum Gasteiger partial charge on any atom is 0.134 e. The molecular weight excluding hydrogens is 202 g/mol. The lowest BCUT2D eigenvalue weighted by Gasteiger charge is -2.02. The number of hydrogen-bond donors (Lipinski definition) is 1. The van der Waals surface area contributed by atoms with Crippen LogP contribution >= 0.6 is 11.6 Å². The van der Waals surface area contributed by atoms with E-state index in [-0.39, 0.29) is 5.75 Å². The minimum absolute atomic E-state index is 0.0691. The highest BCUT2D eigenvalue weighted by Gasteiger charge is 2.02. The molecule has 0 aliphatic heterocycles. The van der Waals surface area contributed by atoms with Gasteiger partial charge in [0, 0.05) is 5.56 Å². The van der Waals surface area contributed by atoms with Crippen molar-refractivity contribution in [3.63, 3.8) is 0 Å². The number of rotatable bonds is 3. The molecule has 0 saturated carbocycles. The Kier molecular flexibility index (Phi) is 3.77. The zero-order valence-corrected chi connectivity index (χ0v) is 8.88. The van der Waals surface area contributed by atoms with Crippen LogP contribution in [0.3, 0.4) is 0 Å². The normalized spacial score (nSPS) is 11.5. The maximum absolute atomic E-state index is 9.20. The number of oxime groups is 1. The Morgan fingerprint density at radius 3 is 2.86 bits per heavy atom. The minimum atomic E-state index is 0.0691. The summed E-state index contributed by atoms with van der Waals surface area (Å²) in [6, 6.07) is 4.91. The van der Waals surface area contributed by atoms with Gasteiger partial charge in [0.15, 0.2) is 0 Å². The third-order valence-electron chi connectivity index (χ3n) is 1.70. The first-order chi connectivity index (χ1) is 6.65. The molecule has 1 aromatic carbocycles. The third-order valence-corrected chi connectivity index (χ3v) is 2.00. The molecular formula is C10H12ClNO2. The first-order valence-corrected chi connectivity index (χ1v) is 4.68. The molecule has 0 aliphatic carbocycles. The van der Waals surface area contributed by atoms with Crippen LogP contribution in [-0.2, 0) is 4.84 Å². The van der Waals surface area contributed by atoms with E-state index in [0.717, 1.165) is 11.3 Å². The van der Waals surface area contributed by atoms with Gasteiger partial charge in [-0.2, -0.15) is 0 Å². The van der Waals surface area contributed by atoms with Gasteiger partial charge in [0.1, 0.15) is 12.4 Å². The summed E-state index contributed by atoms with van der Waals surface area (Å²) in [7, 11) is 0. The molecule has 14 heavy (non-hydrogen) atoms. The Bertz CT molecular complexity index is 350. The molecule has 1 rings (SSSR count). The van der Waals surface area contributed by atoms with E-state index in [4.69, 9.17) is 16.4 Å². The number of nitrogens with zero attached hydrogens (tertiary/aromatic N) is 1. The van der Waals surface area contributed by atoms with Crippen molar-refractivity contribution >= 4 is 17.3 Å². The first-order valence-electron chi connectivity index (χ1n) is 4.30. The van der Waals surface area contributed by atoms with Crippen molar-refractivity contribution in [2.24, 2.45) is 5.16 Å². The summed E-state index contributed by atoms with van der Waals surface area (Å²) in [5.74, 6) is 0.0691. The van der Waals surface area contributed by atoms with E-state index in [9.17, 15) is 5.11 Å². The summed E-state index contributed by atoms with van der Waals surface area (Å²) < 4.78 is 0. The predicted molar refractivity (Wildman–Crippen MR) is 57.0 cm³/mol. The van der Waals surface area contributed by atoms with Crippen LogP contribution in [0.15, 0.2) is 23.4 Å². The van der Waals surface area contributed by atoms with Gasteiger partial charge >= 0.3 is 0 Å². The van der Waals surface area contributed by atoms with Gasteiger partial charge in [0.25, 0.3) is 0 Å². The third kappa shape index (κ3) is 2.64. The topological polar surface area (TPSA) is 41.8 Å². The smallest absolute Gasteiger partial charge is 0.134 e. The standard InChI is InChI=1S/C10H12ClNO2/c1-3-14-12-7(2)8-4-5-10(13)9(11)6-8/h4-6,13H,3H2,1-2H3. The minimum Gasteiger partial charge on any atom is -0.506 e. The van der Waals surface area contributed by atoms with E-state index >= 15 is 0 Å². The fourth-order valence-corrected chi connectivity index (χ4v) is 1.13. The van der Waals surface area contributed by atoms with Gasteiger partial charge in [-0.1, -0.05) is 16.8 Å². The van der Waals surface area contributed by atoms with Crippen molar-refractivity contribution in [1.82, 2.24) is 0 Å². The predicted octanol–water partition coefficient (Wildman–Crippen LogP) is 2.81. The maximum atomic E-state index is 9.20. The number of hydrogen-bond acceptors (Lipinski definition) is 3. The second kappa shape index (κ2) is 4.86. The molecule has 1 aromatic rings. The molecule has 0 heterocycles. The van der Waals surface area contributed by atoms with E-state index in [1.807, 2.05) is 13.8 Å². The molecule has 0 radical (unpaired) electrons. The van der Waals surface area contributed by atoms with Crippen molar-refractivity contribution in [3.8, 4) is 5.75 Å². The van der Waals surface area contributed by atoms with Crippen LogP contribution < -0.4 is 0 Å². The second-order valence-electron chi connectivity index (χ2n) is 2.76. The first kappa shape index (κ1) is 10.9. The van der Waals surface area contributed by atoms with E-state index in [1.54, 1.807) is 12.1 Å². The molecule has 0 unspecified atom stereocenters. The van der Waals surface area contributed by atoms with Crippen LogP contribution in [0.5, 0.6) is 5.75 Å². The number of aromatic hydroxyl groups is 1. The Morgan fingerprint density at radius 2 is 2.29 bits per heavy atom. The Balaban J connectivity index is 2.91. The van der Waals surface area contributed by atoms with Crippen molar-refractivity contribution in [2.45, 2.75) is 13.8 Å². The van der Waals surface area contributed by atoms with Crippen LogP contribution in [0, 0.1) is 0 Å². The van der Waals surface area contributed by atoms with Gasteiger partial charge in [-0.25, -0.2) is 0 Å². The van der Waals surface area contributed by atoms with E-state index in [1.165, 1.54) is 6.07 Å². The van der Waals surface area contributed by atoms with Gasteiger partial charge in [0.05, 0.1) is 10.7 Å². The number of benzene rings is 1. The molecule has 76 valence electrons. The quantitative estimate of drug-likeness (QED) is 0.620. The Labute approximate surface area is 88.0 Å². The molecule has 0 atom stereocenters. The highest BCUT2D eigenvalue weighted by molar-refractivity contribution is 6.32. The fourth-order valence-electron chi connectivity index (χ4n) is 0.946. The van der Waals surface area contributed by atoms with Crippen LogP contribution in [0.4, 0.5) is 0 Å². The lowest BCUT2D eigenvalue weighted by Crippen LogP contribution is -1.96. The Morgan fingerprint density at radius 1 is 1.57 bits per heavy atom. The van der Waals surface area contributed by atoms with Crippen molar-refractivity contribution < 1.29 is 9.94 Å². The SMILES string of the molecule is CCON=C(C)c1ccc(O)c(Cl)c1. The van der Waals surface area contributed by atoms with Crippen molar-refractivity contribution in [3.05, 3.63) is 28.8 Å². The van der Waals surface area contributed by atoms with Crippen molar-refractivity contribution in [1.29, 1.82) is 0 Å². The van der Waals surface area contributed by atoms with Crippen LogP contribution in [0.1, 0.15) is 19.4 Å². The average molecular weight is 214 g/mol. The zero-order chi connectivity index (χ0) is 10.6. The molecule has 0 aliphatic rings. The highest BCUT2D eigenvalue weighted by atomic mass is 35.5. The van der Waals surface area contributed by atoms with Crippen LogP contribution in [0.2, 0.25) is 5.02 Å². The molecule has 1 N–H and O–H groups in total. The average Bonchev–Trinajstić information content (AvgIpc) is 2.18. The summed E-state index contributed by atoms with van der Waals surface area (Å²) >= 11 is 5.75. The largest absolute Gasteiger partial charge is 0.506 e. The van der Waals surface area contributed by atoms with Gasteiger partial charge in [-0.15, -0.1) is 0 Å². The molecule has 0 fully saturated rings. The lowest BCUT2D eigenvalue weighted by atomic mass is 10.1.